The highest BCUT2D eigenvalue weighted by atomic mass is 19.1. The highest BCUT2D eigenvalue weighted by Crippen LogP contribution is 2.43. The van der Waals surface area contributed by atoms with Crippen molar-refractivity contribution in [2.75, 3.05) is 6.54 Å². The van der Waals surface area contributed by atoms with Gasteiger partial charge in [0.05, 0.1) is 18.6 Å². The highest BCUT2D eigenvalue weighted by Gasteiger charge is 2.33. The first-order chi connectivity index (χ1) is 21.1. The van der Waals surface area contributed by atoms with Crippen LogP contribution in [-0.4, -0.2) is 55.4 Å². The molecule has 8 heteroatoms. The number of carboxylic acids is 1. The van der Waals surface area contributed by atoms with Crippen molar-refractivity contribution in [2.24, 2.45) is 0 Å². The maximum atomic E-state index is 14.7. The Morgan fingerprint density at radius 2 is 1.48 bits per heavy atom. The number of carbonyl (C=O) groups is 2. The molecule has 0 aliphatic carbocycles. The van der Waals surface area contributed by atoms with E-state index >= 15 is 0 Å². The Labute approximate surface area is 257 Å². The minimum absolute atomic E-state index is 0.0783. The molecule has 0 bridgehead atoms. The minimum atomic E-state index is -1.17. The lowest BCUT2D eigenvalue weighted by atomic mass is 9.92. The first kappa shape index (κ1) is 31.2. The van der Waals surface area contributed by atoms with E-state index in [0.717, 1.165) is 39.9 Å². The van der Waals surface area contributed by atoms with E-state index in [1.807, 2.05) is 65.8 Å². The number of fused-ring (bicyclic) bond motifs is 1. The molecule has 7 nitrogen and oxygen atoms in total. The zero-order valence-corrected chi connectivity index (χ0v) is 25.1. The molecule has 3 N–H and O–H groups in total. The summed E-state index contributed by atoms with van der Waals surface area (Å²) in [6, 6.07) is 24.0. The summed E-state index contributed by atoms with van der Waals surface area (Å²) in [5, 5.41) is 30.0. The standard InChI is InChI=1S/C36H39FN2O5/c1-23(2)39-31(17-16-29(40)20-30(41)21-32(42)43)33(26-12-14-28(37)15-13-26)34(25-9-4-3-5-10-25)35(39)36(44)38-19-18-24-8-6-7-11-27(24)22-38/h3-15,23,29-30,40-41H,16-22H2,1-2H3,(H,42,43). The van der Waals surface area contributed by atoms with Crippen LogP contribution in [-0.2, 0) is 24.2 Å². The highest BCUT2D eigenvalue weighted by molar-refractivity contribution is 6.05. The van der Waals surface area contributed by atoms with Gasteiger partial charge in [-0.05, 0) is 73.9 Å². The predicted molar refractivity (Wildman–Crippen MR) is 168 cm³/mol. The van der Waals surface area contributed by atoms with Crippen LogP contribution in [0.2, 0.25) is 0 Å². The van der Waals surface area contributed by atoms with Crippen LogP contribution in [0.4, 0.5) is 4.39 Å². The van der Waals surface area contributed by atoms with Gasteiger partial charge in [-0.1, -0.05) is 66.7 Å². The van der Waals surface area contributed by atoms with E-state index in [2.05, 4.69) is 12.1 Å². The maximum absolute atomic E-state index is 14.7. The van der Waals surface area contributed by atoms with Gasteiger partial charge < -0.3 is 24.8 Å². The maximum Gasteiger partial charge on any atom is 0.305 e. The Kier molecular flexibility index (Phi) is 9.61. The summed E-state index contributed by atoms with van der Waals surface area (Å²) in [7, 11) is 0. The zero-order valence-electron chi connectivity index (χ0n) is 25.1. The van der Waals surface area contributed by atoms with Gasteiger partial charge >= 0.3 is 5.97 Å². The monoisotopic (exact) mass is 598 g/mol. The summed E-state index contributed by atoms with van der Waals surface area (Å²) in [6.07, 6.45) is -1.31. The van der Waals surface area contributed by atoms with Gasteiger partial charge in [-0.25, -0.2) is 4.39 Å². The number of nitrogens with zero attached hydrogens (tertiary/aromatic N) is 2. The third-order valence-electron chi connectivity index (χ3n) is 8.31. The fourth-order valence-corrected chi connectivity index (χ4v) is 6.32. The Morgan fingerprint density at radius 3 is 2.14 bits per heavy atom. The lowest BCUT2D eigenvalue weighted by Crippen LogP contribution is -2.37. The molecule has 3 aromatic carbocycles. The molecule has 230 valence electrons. The van der Waals surface area contributed by atoms with E-state index in [9.17, 15) is 24.2 Å². The average molecular weight is 599 g/mol. The van der Waals surface area contributed by atoms with Crippen LogP contribution in [0.25, 0.3) is 22.3 Å². The molecular weight excluding hydrogens is 559 g/mol. The van der Waals surface area contributed by atoms with E-state index in [4.69, 9.17) is 5.11 Å². The number of amides is 1. The number of benzene rings is 3. The van der Waals surface area contributed by atoms with Gasteiger partial charge in [-0.3, -0.25) is 9.59 Å². The van der Waals surface area contributed by atoms with Gasteiger partial charge in [-0.2, -0.15) is 0 Å². The van der Waals surface area contributed by atoms with Gasteiger partial charge in [0.25, 0.3) is 5.91 Å². The molecule has 0 saturated heterocycles. The molecule has 1 aliphatic rings. The van der Waals surface area contributed by atoms with E-state index in [1.54, 1.807) is 12.1 Å². The largest absolute Gasteiger partial charge is 0.481 e. The molecule has 1 aliphatic heterocycles. The number of halogens is 1. The lowest BCUT2D eigenvalue weighted by Gasteiger charge is -2.30. The Morgan fingerprint density at radius 1 is 0.841 bits per heavy atom. The predicted octanol–water partition coefficient (Wildman–Crippen LogP) is 6.26. The normalized spacial score (nSPS) is 14.4. The van der Waals surface area contributed by atoms with Crippen molar-refractivity contribution in [2.45, 2.75) is 70.7 Å². The number of hydrogen-bond acceptors (Lipinski definition) is 4. The number of carbonyl (C=O) groups excluding carboxylic acids is 1. The van der Waals surface area contributed by atoms with Crippen LogP contribution >= 0.6 is 0 Å². The van der Waals surface area contributed by atoms with Crippen molar-refractivity contribution >= 4 is 11.9 Å². The van der Waals surface area contributed by atoms with Crippen molar-refractivity contribution in [1.29, 1.82) is 0 Å². The van der Waals surface area contributed by atoms with E-state index < -0.39 is 24.6 Å². The molecule has 1 amide bonds. The van der Waals surface area contributed by atoms with Gasteiger partial charge in [0.2, 0.25) is 0 Å². The molecule has 0 fully saturated rings. The van der Waals surface area contributed by atoms with Gasteiger partial charge in [0.1, 0.15) is 11.5 Å². The molecule has 0 spiro atoms. The van der Waals surface area contributed by atoms with Gasteiger partial charge in [0.15, 0.2) is 0 Å². The van der Waals surface area contributed by atoms with Gasteiger partial charge in [0, 0.05) is 36.0 Å². The second-order valence-electron chi connectivity index (χ2n) is 11.8. The number of aliphatic hydroxyl groups excluding tert-OH is 2. The fraction of sp³-hybridized carbons (Fsp3) is 0.333. The number of hydrogen-bond donors (Lipinski definition) is 3. The van der Waals surface area contributed by atoms with Crippen molar-refractivity contribution in [1.82, 2.24) is 9.47 Å². The minimum Gasteiger partial charge on any atom is -0.481 e. The Bertz CT molecular complexity index is 1610. The second kappa shape index (κ2) is 13.6. The molecule has 5 rings (SSSR count). The average Bonchev–Trinajstić information content (AvgIpc) is 3.35. The first-order valence-corrected chi connectivity index (χ1v) is 15.2. The SMILES string of the molecule is CC(C)n1c(CCC(O)CC(O)CC(=O)O)c(-c2ccc(F)cc2)c(-c2ccccc2)c1C(=O)N1CCc2ccccc2C1. The van der Waals surface area contributed by atoms with Crippen LogP contribution < -0.4 is 0 Å². The summed E-state index contributed by atoms with van der Waals surface area (Å²) >= 11 is 0. The third kappa shape index (κ3) is 6.77. The number of aliphatic hydroxyl groups is 2. The zero-order chi connectivity index (χ0) is 31.4. The molecule has 0 radical (unpaired) electrons. The van der Waals surface area contributed by atoms with Crippen molar-refractivity contribution < 1.29 is 29.3 Å². The van der Waals surface area contributed by atoms with Crippen LogP contribution in [0, 0.1) is 5.82 Å². The Hall–Kier alpha value is -4.27. The third-order valence-corrected chi connectivity index (χ3v) is 8.31. The number of rotatable bonds is 11. The topological polar surface area (TPSA) is 103 Å². The summed E-state index contributed by atoms with van der Waals surface area (Å²) < 4.78 is 16.2. The molecule has 4 aromatic rings. The smallest absolute Gasteiger partial charge is 0.305 e. The molecule has 0 saturated carbocycles. The fourth-order valence-electron chi connectivity index (χ4n) is 6.32. The molecule has 44 heavy (non-hydrogen) atoms. The van der Waals surface area contributed by atoms with Crippen LogP contribution in [0.5, 0.6) is 0 Å². The van der Waals surface area contributed by atoms with E-state index in [1.165, 1.54) is 17.7 Å². The van der Waals surface area contributed by atoms with Crippen molar-refractivity contribution in [3.05, 3.63) is 107 Å². The molecule has 1 aromatic heterocycles. The molecule has 2 atom stereocenters. The first-order valence-electron chi connectivity index (χ1n) is 15.2. The number of carboxylic acid groups (broad SMARTS) is 1. The summed E-state index contributed by atoms with van der Waals surface area (Å²) in [4.78, 5) is 27.6. The van der Waals surface area contributed by atoms with Crippen molar-refractivity contribution in [3.63, 3.8) is 0 Å². The van der Waals surface area contributed by atoms with Crippen LogP contribution in [0.3, 0.4) is 0 Å². The summed E-state index contributed by atoms with van der Waals surface area (Å²) in [5.74, 6) is -1.60. The second-order valence-corrected chi connectivity index (χ2v) is 11.8. The molecule has 2 unspecified atom stereocenters. The lowest BCUT2D eigenvalue weighted by molar-refractivity contribution is -0.139. The quantitative estimate of drug-likeness (QED) is 0.189. The number of aromatic nitrogens is 1. The number of aliphatic carboxylic acids is 1. The van der Waals surface area contributed by atoms with E-state index in [-0.39, 0.29) is 30.6 Å². The summed E-state index contributed by atoms with van der Waals surface area (Å²) in [5.41, 5.74) is 6.88. The van der Waals surface area contributed by atoms with Crippen molar-refractivity contribution in [3.8, 4) is 22.3 Å². The molecule has 2 heterocycles. The van der Waals surface area contributed by atoms with Gasteiger partial charge in [-0.15, -0.1) is 0 Å². The summed E-state index contributed by atoms with van der Waals surface area (Å²) in [6.45, 7) is 5.10. The van der Waals surface area contributed by atoms with Crippen LogP contribution in [0.15, 0.2) is 78.9 Å². The molecular formula is C36H39FN2O5. The Balaban J connectivity index is 1.66. The van der Waals surface area contributed by atoms with E-state index in [0.29, 0.717) is 25.2 Å². The van der Waals surface area contributed by atoms with Crippen LogP contribution in [0.1, 0.15) is 66.5 Å².